The fourth-order valence-corrected chi connectivity index (χ4v) is 5.20. The molecular formula is C17H18N2O6S2. The molecule has 3 rings (SSSR count). The minimum absolute atomic E-state index is 0.0680. The molecule has 144 valence electrons. The van der Waals surface area contributed by atoms with E-state index in [-0.39, 0.29) is 22.8 Å². The Hall–Kier alpha value is -2.59. The van der Waals surface area contributed by atoms with Gasteiger partial charge in [-0.2, -0.15) is 0 Å². The third kappa shape index (κ3) is 3.91. The number of nitrogens with zero attached hydrogens (tertiary/aromatic N) is 1. The van der Waals surface area contributed by atoms with Crippen LogP contribution in [-0.2, 0) is 24.8 Å². The predicted molar refractivity (Wildman–Crippen MR) is 101 cm³/mol. The Balaban J connectivity index is 1.88. The van der Waals surface area contributed by atoms with Crippen LogP contribution in [0.4, 0.5) is 11.4 Å². The topological polar surface area (TPSA) is 110 Å². The average molecular weight is 410 g/mol. The molecule has 8 nitrogen and oxygen atoms in total. The smallest absolute Gasteiger partial charge is 0.262 e. The average Bonchev–Trinajstić information content (AvgIpc) is 2.89. The molecule has 10 heteroatoms. The number of carbonyl (C=O) groups excluding carboxylic acids is 1. The fraction of sp³-hybridized carbons (Fsp3) is 0.235. The summed E-state index contributed by atoms with van der Waals surface area (Å²) in [6.07, 6.45) is -0.0852. The molecule has 2 aromatic rings. The molecule has 1 heterocycles. The molecule has 1 amide bonds. The lowest BCUT2D eigenvalue weighted by molar-refractivity contribution is -0.116. The van der Waals surface area contributed by atoms with Gasteiger partial charge in [-0.3, -0.25) is 9.52 Å². The van der Waals surface area contributed by atoms with E-state index in [1.807, 2.05) is 0 Å². The molecule has 0 unspecified atom stereocenters. The molecule has 1 N–H and O–H groups in total. The second kappa shape index (κ2) is 7.20. The van der Waals surface area contributed by atoms with E-state index in [1.165, 1.54) is 24.3 Å². The van der Waals surface area contributed by atoms with E-state index in [0.29, 0.717) is 22.3 Å². The van der Waals surface area contributed by atoms with Gasteiger partial charge in [-0.25, -0.2) is 21.1 Å². The quantitative estimate of drug-likeness (QED) is 0.779. The number of anilines is 2. The Bertz CT molecular complexity index is 1060. The van der Waals surface area contributed by atoms with Gasteiger partial charge in [-0.1, -0.05) is 12.1 Å². The molecule has 1 saturated heterocycles. The molecule has 1 fully saturated rings. The number of sulfonamides is 2. The summed E-state index contributed by atoms with van der Waals surface area (Å²) in [7, 11) is -7.62. The van der Waals surface area contributed by atoms with Crippen molar-refractivity contribution in [3.05, 3.63) is 48.5 Å². The van der Waals surface area contributed by atoms with Crippen molar-refractivity contribution < 1.29 is 26.4 Å². The number of carbonyl (C=O) groups is 1. The zero-order valence-electron chi connectivity index (χ0n) is 14.5. The van der Waals surface area contributed by atoms with E-state index in [9.17, 15) is 21.6 Å². The summed E-state index contributed by atoms with van der Waals surface area (Å²) in [5.41, 5.74) is 0.409. The Morgan fingerprint density at radius 1 is 1.11 bits per heavy atom. The second-order valence-corrected chi connectivity index (χ2v) is 9.37. The maximum Gasteiger partial charge on any atom is 0.262 e. The molecule has 2 aromatic carbocycles. The summed E-state index contributed by atoms with van der Waals surface area (Å²) < 4.78 is 57.7. The highest BCUT2D eigenvalue weighted by molar-refractivity contribution is 7.94. The Labute approximate surface area is 157 Å². The van der Waals surface area contributed by atoms with Crippen LogP contribution in [0.5, 0.6) is 5.75 Å². The second-order valence-electron chi connectivity index (χ2n) is 5.75. The van der Waals surface area contributed by atoms with Gasteiger partial charge in [0.1, 0.15) is 5.75 Å². The molecule has 0 aromatic heterocycles. The van der Waals surface area contributed by atoms with Gasteiger partial charge in [-0.15, -0.1) is 0 Å². The highest BCUT2D eigenvalue weighted by Crippen LogP contribution is 2.29. The number of rotatable bonds is 6. The fourth-order valence-electron chi connectivity index (χ4n) is 2.67. The van der Waals surface area contributed by atoms with Crippen molar-refractivity contribution in [2.45, 2.75) is 18.2 Å². The first kappa shape index (κ1) is 19.2. The molecule has 0 atom stereocenters. The summed E-state index contributed by atoms with van der Waals surface area (Å²) in [4.78, 5) is 11.7. The zero-order chi connectivity index (χ0) is 19.7. The van der Waals surface area contributed by atoms with Crippen molar-refractivity contribution in [1.82, 2.24) is 0 Å². The number of amides is 1. The van der Waals surface area contributed by atoms with Crippen LogP contribution < -0.4 is 13.8 Å². The van der Waals surface area contributed by atoms with Crippen LogP contribution >= 0.6 is 0 Å². The van der Waals surface area contributed by atoms with E-state index in [1.54, 1.807) is 31.2 Å². The van der Waals surface area contributed by atoms with Crippen molar-refractivity contribution in [3.63, 3.8) is 0 Å². The standard InChI is InChI=1S/C17H18N2O6S2/c1-2-25-16-6-4-3-5-15(16)18-27(23,24)14-9-7-13(8-10-14)19-17(20)11-12-26(19,21)22/h3-10,18H,2,11-12H2,1H3. The molecule has 1 aliphatic rings. The van der Waals surface area contributed by atoms with Crippen LogP contribution in [0.1, 0.15) is 13.3 Å². The van der Waals surface area contributed by atoms with Crippen LogP contribution in [0.15, 0.2) is 53.4 Å². The van der Waals surface area contributed by atoms with Crippen LogP contribution in [0.2, 0.25) is 0 Å². The third-order valence-electron chi connectivity index (χ3n) is 3.89. The van der Waals surface area contributed by atoms with Gasteiger partial charge in [-0.05, 0) is 43.3 Å². The number of hydrogen-bond donors (Lipinski definition) is 1. The van der Waals surface area contributed by atoms with Crippen molar-refractivity contribution in [3.8, 4) is 5.75 Å². The molecule has 27 heavy (non-hydrogen) atoms. The van der Waals surface area contributed by atoms with E-state index >= 15 is 0 Å². The number of nitrogens with one attached hydrogen (secondary N) is 1. The first-order valence-corrected chi connectivity index (χ1v) is 11.2. The summed E-state index contributed by atoms with van der Waals surface area (Å²) in [6, 6.07) is 11.7. The highest BCUT2D eigenvalue weighted by Gasteiger charge is 2.36. The summed E-state index contributed by atoms with van der Waals surface area (Å²) >= 11 is 0. The van der Waals surface area contributed by atoms with Gasteiger partial charge < -0.3 is 4.74 Å². The van der Waals surface area contributed by atoms with E-state index in [4.69, 9.17) is 4.74 Å². The molecule has 0 spiro atoms. The molecule has 0 radical (unpaired) electrons. The lowest BCUT2D eigenvalue weighted by atomic mass is 10.3. The van der Waals surface area contributed by atoms with Gasteiger partial charge >= 0.3 is 0 Å². The van der Waals surface area contributed by atoms with Crippen LogP contribution in [-0.4, -0.2) is 35.1 Å². The maximum atomic E-state index is 12.6. The minimum atomic E-state index is -3.92. The minimum Gasteiger partial charge on any atom is -0.492 e. The van der Waals surface area contributed by atoms with E-state index < -0.39 is 26.0 Å². The largest absolute Gasteiger partial charge is 0.492 e. The Morgan fingerprint density at radius 2 is 1.78 bits per heavy atom. The SMILES string of the molecule is CCOc1ccccc1NS(=O)(=O)c1ccc(N2C(=O)CCS2(=O)=O)cc1. The van der Waals surface area contributed by atoms with E-state index in [0.717, 1.165) is 0 Å². The van der Waals surface area contributed by atoms with Crippen LogP contribution in [0.25, 0.3) is 0 Å². The number of ether oxygens (including phenoxy) is 1. The highest BCUT2D eigenvalue weighted by atomic mass is 32.2. The Kier molecular flexibility index (Phi) is 5.11. The summed E-state index contributed by atoms with van der Waals surface area (Å²) in [6.45, 7) is 2.17. The van der Waals surface area contributed by atoms with Crippen molar-refractivity contribution >= 4 is 37.3 Å². The van der Waals surface area contributed by atoms with Gasteiger partial charge in [0.15, 0.2) is 0 Å². The van der Waals surface area contributed by atoms with Crippen molar-refractivity contribution in [2.24, 2.45) is 0 Å². The van der Waals surface area contributed by atoms with E-state index in [2.05, 4.69) is 4.72 Å². The zero-order valence-corrected chi connectivity index (χ0v) is 16.1. The summed E-state index contributed by atoms with van der Waals surface area (Å²) in [5.74, 6) is -0.384. The lowest BCUT2D eigenvalue weighted by Crippen LogP contribution is -2.29. The number of benzene rings is 2. The lowest BCUT2D eigenvalue weighted by Gasteiger charge is -2.16. The van der Waals surface area contributed by atoms with Gasteiger partial charge in [0, 0.05) is 6.42 Å². The van der Waals surface area contributed by atoms with Crippen LogP contribution in [0, 0.1) is 0 Å². The molecule has 0 saturated carbocycles. The molecule has 0 aliphatic carbocycles. The molecular weight excluding hydrogens is 392 g/mol. The molecule has 0 bridgehead atoms. The van der Waals surface area contributed by atoms with Gasteiger partial charge in [0.2, 0.25) is 15.9 Å². The normalized spacial score (nSPS) is 16.3. The first-order chi connectivity index (χ1) is 12.7. The predicted octanol–water partition coefficient (Wildman–Crippen LogP) is 1.95. The number of hydrogen-bond acceptors (Lipinski definition) is 6. The monoisotopic (exact) mass is 410 g/mol. The number of para-hydroxylation sites is 2. The Morgan fingerprint density at radius 3 is 2.37 bits per heavy atom. The maximum absolute atomic E-state index is 12.6. The van der Waals surface area contributed by atoms with Crippen LogP contribution in [0.3, 0.4) is 0 Å². The van der Waals surface area contributed by atoms with Crippen molar-refractivity contribution in [1.29, 1.82) is 0 Å². The van der Waals surface area contributed by atoms with Gasteiger partial charge in [0.05, 0.1) is 28.6 Å². The molecule has 1 aliphatic heterocycles. The first-order valence-electron chi connectivity index (χ1n) is 8.15. The third-order valence-corrected chi connectivity index (χ3v) is 6.96. The van der Waals surface area contributed by atoms with Gasteiger partial charge in [0.25, 0.3) is 10.0 Å². The summed E-state index contributed by atoms with van der Waals surface area (Å²) in [5, 5.41) is 0. The van der Waals surface area contributed by atoms with Crippen molar-refractivity contribution in [2.75, 3.05) is 21.4 Å².